The smallest absolute Gasteiger partial charge is 0.121 e. The molecule has 20 heavy (non-hydrogen) atoms. The Kier molecular flexibility index (Phi) is 4.61. The zero-order chi connectivity index (χ0) is 14.7. The van der Waals surface area contributed by atoms with Gasteiger partial charge in [-0.2, -0.15) is 0 Å². The molecule has 0 fully saturated rings. The second-order valence-electron chi connectivity index (χ2n) is 5.48. The van der Waals surface area contributed by atoms with Crippen LogP contribution in [0.3, 0.4) is 0 Å². The Balaban J connectivity index is 2.10. The number of halogens is 1. The van der Waals surface area contributed by atoms with E-state index in [0.29, 0.717) is 5.92 Å². The average Bonchev–Trinajstić information content (AvgIpc) is 2.41. The monoisotopic (exact) mass is 291 g/mol. The number of benzene rings is 1. The van der Waals surface area contributed by atoms with Crippen LogP contribution in [0.2, 0.25) is 5.02 Å². The van der Waals surface area contributed by atoms with Crippen LogP contribution in [0.5, 0.6) is 0 Å². The third kappa shape index (κ3) is 3.48. The molecule has 1 heterocycles. The first-order chi connectivity index (χ1) is 9.47. The maximum Gasteiger partial charge on any atom is 0.121 e. The minimum atomic E-state index is 0.209. The minimum absolute atomic E-state index is 0.209. The summed E-state index contributed by atoms with van der Waals surface area (Å²) in [4.78, 5) is 0. The lowest BCUT2D eigenvalue weighted by molar-refractivity contribution is 0.517. The van der Waals surface area contributed by atoms with Gasteiger partial charge >= 0.3 is 0 Å². The third-order valence-electron chi connectivity index (χ3n) is 3.45. The summed E-state index contributed by atoms with van der Waals surface area (Å²) in [6.45, 7) is 8.57. The van der Waals surface area contributed by atoms with Crippen molar-refractivity contribution in [3.8, 4) is 0 Å². The van der Waals surface area contributed by atoms with E-state index < -0.39 is 0 Å². The number of allylic oxidation sites excluding steroid dienone is 3. The predicted octanol–water partition coefficient (Wildman–Crippen LogP) is 3.87. The first-order valence-corrected chi connectivity index (χ1v) is 7.31. The normalized spacial score (nSPS) is 16.4. The fraction of sp³-hybridized carbons (Fsp3) is 0.375. The molecule has 3 N–H and O–H groups in total. The van der Waals surface area contributed by atoms with Crippen LogP contribution in [-0.2, 0) is 0 Å². The SMILES string of the molecule is CC1=C(N[C@@H](C)c2ccc(Cl)cc2)NNC(C(C)C)=C1. The summed E-state index contributed by atoms with van der Waals surface area (Å²) < 4.78 is 0. The van der Waals surface area contributed by atoms with Crippen LogP contribution in [0.1, 0.15) is 39.3 Å². The second kappa shape index (κ2) is 6.23. The van der Waals surface area contributed by atoms with Gasteiger partial charge in [0, 0.05) is 16.8 Å². The molecule has 1 aliphatic heterocycles. The lowest BCUT2D eigenvalue weighted by Gasteiger charge is -2.27. The fourth-order valence-corrected chi connectivity index (χ4v) is 2.21. The van der Waals surface area contributed by atoms with E-state index >= 15 is 0 Å². The van der Waals surface area contributed by atoms with Crippen molar-refractivity contribution in [2.75, 3.05) is 0 Å². The molecule has 0 saturated heterocycles. The number of hydrazine groups is 1. The molecule has 0 saturated carbocycles. The fourth-order valence-electron chi connectivity index (χ4n) is 2.09. The summed E-state index contributed by atoms with van der Waals surface area (Å²) in [5, 5.41) is 4.24. The van der Waals surface area contributed by atoms with E-state index in [1.807, 2.05) is 24.3 Å². The van der Waals surface area contributed by atoms with E-state index in [2.05, 4.69) is 49.9 Å². The molecule has 0 radical (unpaired) electrons. The number of hydrogen-bond donors (Lipinski definition) is 3. The Hall–Kier alpha value is -1.61. The molecule has 0 bridgehead atoms. The van der Waals surface area contributed by atoms with Gasteiger partial charge in [-0.25, -0.2) is 0 Å². The van der Waals surface area contributed by atoms with Crippen LogP contribution < -0.4 is 16.2 Å². The van der Waals surface area contributed by atoms with E-state index in [1.54, 1.807) is 0 Å². The quantitative estimate of drug-likeness (QED) is 0.788. The summed E-state index contributed by atoms with van der Waals surface area (Å²) in [5.41, 5.74) is 10.1. The Morgan fingerprint density at radius 2 is 1.70 bits per heavy atom. The molecule has 3 nitrogen and oxygen atoms in total. The van der Waals surface area contributed by atoms with Crippen LogP contribution in [0.4, 0.5) is 0 Å². The highest BCUT2D eigenvalue weighted by Gasteiger charge is 2.14. The first-order valence-electron chi connectivity index (χ1n) is 6.94. The topological polar surface area (TPSA) is 36.1 Å². The van der Waals surface area contributed by atoms with Crippen LogP contribution in [-0.4, -0.2) is 0 Å². The highest BCUT2D eigenvalue weighted by molar-refractivity contribution is 6.30. The van der Waals surface area contributed by atoms with Crippen LogP contribution in [0.25, 0.3) is 0 Å². The van der Waals surface area contributed by atoms with Gasteiger partial charge in [0.2, 0.25) is 0 Å². The van der Waals surface area contributed by atoms with Gasteiger partial charge < -0.3 is 10.7 Å². The highest BCUT2D eigenvalue weighted by atomic mass is 35.5. The maximum atomic E-state index is 5.92. The van der Waals surface area contributed by atoms with Crippen molar-refractivity contribution in [2.45, 2.75) is 33.7 Å². The van der Waals surface area contributed by atoms with Crippen molar-refractivity contribution in [1.82, 2.24) is 16.2 Å². The van der Waals surface area contributed by atoms with Gasteiger partial charge in [-0.15, -0.1) is 0 Å². The molecule has 1 aromatic rings. The Morgan fingerprint density at radius 1 is 1.05 bits per heavy atom. The van der Waals surface area contributed by atoms with Crippen molar-refractivity contribution in [3.63, 3.8) is 0 Å². The number of hydrogen-bond acceptors (Lipinski definition) is 3. The van der Waals surface area contributed by atoms with Gasteiger partial charge in [-0.1, -0.05) is 37.6 Å². The number of nitrogens with one attached hydrogen (secondary N) is 3. The zero-order valence-electron chi connectivity index (χ0n) is 12.4. The lowest BCUT2D eigenvalue weighted by Crippen LogP contribution is -2.41. The minimum Gasteiger partial charge on any atom is -0.364 e. The van der Waals surface area contributed by atoms with Crippen molar-refractivity contribution in [1.29, 1.82) is 0 Å². The molecule has 4 heteroatoms. The molecule has 0 aliphatic carbocycles. The van der Waals surface area contributed by atoms with E-state index in [0.717, 1.165) is 10.8 Å². The van der Waals surface area contributed by atoms with E-state index in [-0.39, 0.29) is 6.04 Å². The Morgan fingerprint density at radius 3 is 2.25 bits per heavy atom. The molecule has 1 atom stereocenters. The van der Waals surface area contributed by atoms with Crippen LogP contribution in [0, 0.1) is 5.92 Å². The molecule has 2 rings (SSSR count). The Bertz CT molecular complexity index is 529. The lowest BCUT2D eigenvalue weighted by atomic mass is 10.1. The van der Waals surface area contributed by atoms with Crippen LogP contribution in [0.15, 0.2) is 47.4 Å². The molecule has 108 valence electrons. The van der Waals surface area contributed by atoms with Gasteiger partial charge in [0.05, 0.1) is 0 Å². The van der Waals surface area contributed by atoms with Gasteiger partial charge in [0.15, 0.2) is 0 Å². The summed E-state index contributed by atoms with van der Waals surface area (Å²) in [6.07, 6.45) is 2.18. The molecule has 0 spiro atoms. The maximum absolute atomic E-state index is 5.92. The predicted molar refractivity (Wildman–Crippen MR) is 84.9 cm³/mol. The standard InChI is InChI=1S/C16H22ClN3/c1-10(2)15-9-11(3)16(20-19-15)18-12(4)13-5-7-14(17)8-6-13/h5-10,12,18-20H,1-4H3/t12-/m0/s1. The summed E-state index contributed by atoms with van der Waals surface area (Å²) in [7, 11) is 0. The zero-order valence-corrected chi connectivity index (χ0v) is 13.2. The van der Waals surface area contributed by atoms with Gasteiger partial charge in [0.25, 0.3) is 0 Å². The average molecular weight is 292 g/mol. The first kappa shape index (κ1) is 14.8. The Labute approximate surface area is 126 Å². The highest BCUT2D eigenvalue weighted by Crippen LogP contribution is 2.19. The molecule has 0 unspecified atom stereocenters. The van der Waals surface area contributed by atoms with Gasteiger partial charge in [-0.3, -0.25) is 5.43 Å². The molecular formula is C16H22ClN3. The molecular weight excluding hydrogens is 270 g/mol. The molecule has 1 aromatic carbocycles. The second-order valence-corrected chi connectivity index (χ2v) is 5.92. The largest absolute Gasteiger partial charge is 0.364 e. The van der Waals surface area contributed by atoms with Crippen molar-refractivity contribution in [3.05, 3.63) is 58.0 Å². The van der Waals surface area contributed by atoms with Crippen molar-refractivity contribution >= 4 is 11.6 Å². The van der Waals surface area contributed by atoms with Crippen molar-refractivity contribution in [2.24, 2.45) is 5.92 Å². The summed E-state index contributed by atoms with van der Waals surface area (Å²) in [5.74, 6) is 1.49. The summed E-state index contributed by atoms with van der Waals surface area (Å²) >= 11 is 5.92. The summed E-state index contributed by atoms with van der Waals surface area (Å²) in [6, 6.07) is 8.13. The number of rotatable bonds is 4. The van der Waals surface area contributed by atoms with Crippen molar-refractivity contribution < 1.29 is 0 Å². The van der Waals surface area contributed by atoms with E-state index in [9.17, 15) is 0 Å². The van der Waals surface area contributed by atoms with Gasteiger partial charge in [0.1, 0.15) is 5.82 Å². The molecule has 0 aromatic heterocycles. The van der Waals surface area contributed by atoms with Gasteiger partial charge in [-0.05, 0) is 49.1 Å². The van der Waals surface area contributed by atoms with Crippen LogP contribution >= 0.6 is 11.6 Å². The third-order valence-corrected chi connectivity index (χ3v) is 3.70. The van der Waals surface area contributed by atoms with E-state index in [4.69, 9.17) is 11.6 Å². The molecule has 1 aliphatic rings. The van der Waals surface area contributed by atoms with E-state index in [1.165, 1.54) is 16.8 Å². The molecule has 0 amide bonds.